The standard InChI is InChI=1S/C34H52FN7O6/c1-8-42(24(4)5)32(44)26-17-25(35)18-28(47-22-43)29(26)48-31-30(37-33(46-7)39-38-31)40-15-12-34(19-40)20-41(21-34)27(23(2)3)11-9-13-36-14-10-16-45-6/h17-18,22-24,27,36H,8-16,19-21H2,1-7H3. The summed E-state index contributed by atoms with van der Waals surface area (Å²) in [4.78, 5) is 35.9. The SMILES string of the molecule is CCN(C(=O)c1cc(F)cc(OC=O)c1Oc1nnc(OC)nc1N1CCC2(C1)CN(C(CCCNCCCOC)C(C)C)C2)C(C)C. The fraction of sp³-hybridized carbons (Fsp3) is 0.676. The molecule has 0 aliphatic carbocycles. The van der Waals surface area contributed by atoms with Gasteiger partial charge in [0, 0.05) is 70.0 Å². The van der Waals surface area contributed by atoms with Crippen LogP contribution in [0.3, 0.4) is 0 Å². The zero-order chi connectivity index (χ0) is 34.8. The number of carbonyl (C=O) groups excluding carboxylic acids is 2. The van der Waals surface area contributed by atoms with Crippen LogP contribution < -0.4 is 24.4 Å². The lowest BCUT2D eigenvalue weighted by Crippen LogP contribution is -2.62. The lowest BCUT2D eigenvalue weighted by molar-refractivity contribution is -0.120. The van der Waals surface area contributed by atoms with E-state index in [0.29, 0.717) is 30.9 Å². The second-order valence-corrected chi connectivity index (χ2v) is 13.3. The number of nitrogens with zero attached hydrogens (tertiary/aromatic N) is 6. The molecule has 1 aromatic heterocycles. The van der Waals surface area contributed by atoms with Crippen molar-refractivity contribution in [1.82, 2.24) is 30.3 Å². The molecular formula is C34H52FN7O6. The lowest BCUT2D eigenvalue weighted by Gasteiger charge is -2.53. The Morgan fingerprint density at radius 1 is 1.12 bits per heavy atom. The molecule has 266 valence electrons. The third-order valence-corrected chi connectivity index (χ3v) is 9.26. The van der Waals surface area contributed by atoms with Gasteiger partial charge in [-0.1, -0.05) is 18.9 Å². The van der Waals surface area contributed by atoms with E-state index in [2.05, 4.69) is 44.1 Å². The normalized spacial score (nSPS) is 16.3. The third kappa shape index (κ3) is 8.88. The summed E-state index contributed by atoms with van der Waals surface area (Å²) < 4.78 is 36.5. The van der Waals surface area contributed by atoms with Crippen LogP contribution in [0.5, 0.6) is 23.4 Å². The Kier molecular flexibility index (Phi) is 13.3. The molecule has 0 radical (unpaired) electrons. The molecule has 0 bridgehead atoms. The van der Waals surface area contributed by atoms with Crippen molar-refractivity contribution in [2.24, 2.45) is 11.3 Å². The quantitative estimate of drug-likeness (QED) is 0.170. The molecule has 1 aromatic carbocycles. The van der Waals surface area contributed by atoms with Crippen molar-refractivity contribution in [3.63, 3.8) is 0 Å². The van der Waals surface area contributed by atoms with E-state index < -0.39 is 11.7 Å². The van der Waals surface area contributed by atoms with Gasteiger partial charge in [0.2, 0.25) is 0 Å². The average Bonchev–Trinajstić information content (AvgIpc) is 3.49. The molecule has 2 fully saturated rings. The van der Waals surface area contributed by atoms with Crippen molar-refractivity contribution in [2.45, 2.75) is 72.4 Å². The molecule has 2 aliphatic rings. The fourth-order valence-corrected chi connectivity index (χ4v) is 6.88. The lowest BCUT2D eigenvalue weighted by atomic mass is 9.76. The van der Waals surface area contributed by atoms with E-state index in [4.69, 9.17) is 18.9 Å². The predicted molar refractivity (Wildman–Crippen MR) is 179 cm³/mol. The van der Waals surface area contributed by atoms with Gasteiger partial charge in [-0.05, 0) is 71.5 Å². The summed E-state index contributed by atoms with van der Waals surface area (Å²) in [5.74, 6) is -0.723. The number of likely N-dealkylation sites (tertiary alicyclic amines) is 1. The van der Waals surface area contributed by atoms with Crippen LogP contribution in [0.2, 0.25) is 0 Å². The predicted octanol–water partition coefficient (Wildman–Crippen LogP) is 4.16. The van der Waals surface area contributed by atoms with Gasteiger partial charge in [0.25, 0.3) is 18.3 Å². The molecule has 3 heterocycles. The largest absolute Gasteiger partial charge is 0.466 e. The smallest absolute Gasteiger partial charge is 0.337 e. The molecule has 13 nitrogen and oxygen atoms in total. The number of hydrogen-bond acceptors (Lipinski definition) is 12. The van der Waals surface area contributed by atoms with Crippen LogP contribution in [0.15, 0.2) is 12.1 Å². The van der Waals surface area contributed by atoms with Crippen LogP contribution in [0, 0.1) is 17.2 Å². The van der Waals surface area contributed by atoms with Gasteiger partial charge in [-0.15, -0.1) is 5.10 Å². The highest BCUT2D eigenvalue weighted by Crippen LogP contribution is 2.46. The summed E-state index contributed by atoms with van der Waals surface area (Å²) in [5.41, 5.74) is -0.0220. The van der Waals surface area contributed by atoms with Gasteiger partial charge in [0.1, 0.15) is 5.82 Å². The Hall–Kier alpha value is -3.62. The fourth-order valence-electron chi connectivity index (χ4n) is 6.88. The molecule has 1 unspecified atom stereocenters. The minimum absolute atomic E-state index is 0.00825. The maximum absolute atomic E-state index is 14.7. The molecule has 0 saturated carbocycles. The van der Waals surface area contributed by atoms with Crippen molar-refractivity contribution in [3.8, 4) is 23.4 Å². The monoisotopic (exact) mass is 673 g/mol. The summed E-state index contributed by atoms with van der Waals surface area (Å²) in [6.45, 7) is 16.8. The van der Waals surface area contributed by atoms with Crippen molar-refractivity contribution in [3.05, 3.63) is 23.5 Å². The van der Waals surface area contributed by atoms with Crippen LogP contribution >= 0.6 is 0 Å². The van der Waals surface area contributed by atoms with E-state index >= 15 is 0 Å². The summed E-state index contributed by atoms with van der Waals surface area (Å²) in [7, 11) is 3.18. The number of hydrogen-bond donors (Lipinski definition) is 1. The molecule has 2 saturated heterocycles. The zero-order valence-corrected chi connectivity index (χ0v) is 29.5. The second kappa shape index (κ2) is 17.2. The molecule has 4 rings (SSSR count). The number of benzene rings is 1. The second-order valence-electron chi connectivity index (χ2n) is 13.3. The highest BCUT2D eigenvalue weighted by Gasteiger charge is 2.50. The number of amides is 1. The number of aromatic nitrogens is 3. The summed E-state index contributed by atoms with van der Waals surface area (Å²) in [5, 5.41) is 11.8. The van der Waals surface area contributed by atoms with E-state index in [0.717, 1.165) is 77.1 Å². The van der Waals surface area contributed by atoms with Gasteiger partial charge >= 0.3 is 6.01 Å². The molecule has 1 spiro atoms. The minimum Gasteiger partial charge on any atom is -0.466 e. The first-order valence-electron chi connectivity index (χ1n) is 17.0. The van der Waals surface area contributed by atoms with Crippen molar-refractivity contribution in [1.29, 1.82) is 0 Å². The van der Waals surface area contributed by atoms with E-state index in [1.54, 1.807) is 12.0 Å². The molecule has 48 heavy (non-hydrogen) atoms. The number of halogens is 1. The average molecular weight is 674 g/mol. The van der Waals surface area contributed by atoms with Gasteiger partial charge in [-0.3, -0.25) is 14.5 Å². The Morgan fingerprint density at radius 2 is 1.88 bits per heavy atom. The number of carbonyl (C=O) groups is 2. The van der Waals surface area contributed by atoms with E-state index in [-0.39, 0.29) is 46.9 Å². The topological polar surface area (TPSA) is 131 Å². The molecule has 2 aromatic rings. The molecule has 1 atom stereocenters. The van der Waals surface area contributed by atoms with Gasteiger partial charge in [-0.25, -0.2) is 4.39 Å². The number of anilines is 1. The Morgan fingerprint density at radius 3 is 2.52 bits per heavy atom. The van der Waals surface area contributed by atoms with Crippen molar-refractivity contribution >= 4 is 18.2 Å². The maximum Gasteiger partial charge on any atom is 0.337 e. The first kappa shape index (κ1) is 37.2. The van der Waals surface area contributed by atoms with Crippen LogP contribution in [-0.2, 0) is 9.53 Å². The van der Waals surface area contributed by atoms with Gasteiger partial charge in [0.15, 0.2) is 17.3 Å². The molecule has 14 heteroatoms. The Balaban J connectivity index is 1.53. The highest BCUT2D eigenvalue weighted by atomic mass is 19.1. The van der Waals surface area contributed by atoms with Gasteiger partial charge < -0.3 is 34.1 Å². The number of nitrogens with one attached hydrogen (secondary N) is 1. The van der Waals surface area contributed by atoms with E-state index in [1.807, 2.05) is 20.8 Å². The summed E-state index contributed by atoms with van der Waals surface area (Å²) >= 11 is 0. The van der Waals surface area contributed by atoms with Gasteiger partial charge in [0.05, 0.1) is 12.7 Å². The highest BCUT2D eigenvalue weighted by molar-refractivity contribution is 5.98. The number of ether oxygens (including phenoxy) is 4. The molecular weight excluding hydrogens is 621 g/mol. The van der Waals surface area contributed by atoms with Crippen molar-refractivity contribution in [2.75, 3.05) is 71.5 Å². The first-order chi connectivity index (χ1) is 23.1. The first-order valence-corrected chi connectivity index (χ1v) is 17.0. The number of methoxy groups -OCH3 is 2. The maximum atomic E-state index is 14.7. The summed E-state index contributed by atoms with van der Waals surface area (Å²) in [6, 6.07) is 2.45. The van der Waals surface area contributed by atoms with Crippen LogP contribution in [0.4, 0.5) is 10.2 Å². The van der Waals surface area contributed by atoms with Crippen LogP contribution in [0.1, 0.15) is 70.7 Å². The van der Waals surface area contributed by atoms with Gasteiger partial charge in [-0.2, -0.15) is 4.98 Å². The minimum atomic E-state index is -0.754. The summed E-state index contributed by atoms with van der Waals surface area (Å²) in [6.07, 6.45) is 4.23. The zero-order valence-electron chi connectivity index (χ0n) is 29.5. The molecule has 2 aliphatic heterocycles. The Labute approximate surface area is 283 Å². The van der Waals surface area contributed by atoms with Crippen molar-refractivity contribution < 1.29 is 32.9 Å². The van der Waals surface area contributed by atoms with E-state index in [9.17, 15) is 14.0 Å². The van der Waals surface area contributed by atoms with E-state index in [1.165, 1.54) is 7.11 Å². The van der Waals surface area contributed by atoms with Crippen LogP contribution in [0.25, 0.3) is 0 Å². The molecule has 1 amide bonds. The molecule has 1 N–H and O–H groups in total. The third-order valence-electron chi connectivity index (χ3n) is 9.26. The Bertz CT molecular complexity index is 1370. The van der Waals surface area contributed by atoms with Crippen LogP contribution in [-0.4, -0.2) is 116 Å². The number of rotatable bonds is 19.